The molecule has 0 saturated carbocycles. The lowest BCUT2D eigenvalue weighted by atomic mass is 9.81. The van der Waals surface area contributed by atoms with Gasteiger partial charge in [0.1, 0.15) is 5.75 Å². The fourth-order valence-corrected chi connectivity index (χ4v) is 3.71. The van der Waals surface area contributed by atoms with E-state index in [1.165, 1.54) is 0 Å². The van der Waals surface area contributed by atoms with E-state index in [1.807, 2.05) is 48.5 Å². The van der Waals surface area contributed by atoms with Crippen molar-refractivity contribution in [2.24, 2.45) is 5.73 Å². The molecule has 3 N–H and O–H groups in total. The largest absolute Gasteiger partial charge is 0.440 e. The van der Waals surface area contributed by atoms with Crippen molar-refractivity contribution in [3.8, 4) is 5.75 Å². The van der Waals surface area contributed by atoms with Crippen LogP contribution in [-0.2, 0) is 0 Å². The molecule has 6 nitrogen and oxygen atoms in total. The summed E-state index contributed by atoms with van der Waals surface area (Å²) < 4.78 is 6.07. The molecule has 0 spiro atoms. The second-order valence-corrected chi connectivity index (χ2v) is 6.74. The molecule has 0 saturated heterocycles. The molecule has 1 aromatic heterocycles. The van der Waals surface area contributed by atoms with Crippen LogP contribution in [-0.4, -0.2) is 20.6 Å². The number of benzene rings is 3. The molecule has 1 aliphatic heterocycles. The molecular formula is C20H14ClN5O. The third-order valence-electron chi connectivity index (χ3n) is 4.78. The average molecular weight is 376 g/mol. The van der Waals surface area contributed by atoms with Crippen LogP contribution in [0.5, 0.6) is 5.75 Å². The molecule has 132 valence electrons. The van der Waals surface area contributed by atoms with Crippen LogP contribution >= 0.6 is 11.6 Å². The molecule has 0 amide bonds. The van der Waals surface area contributed by atoms with Gasteiger partial charge in [-0.2, -0.15) is 5.21 Å². The maximum absolute atomic E-state index is 6.34. The molecule has 1 unspecified atom stereocenters. The Morgan fingerprint density at radius 1 is 1.00 bits per heavy atom. The van der Waals surface area contributed by atoms with Gasteiger partial charge in [0.25, 0.3) is 0 Å². The summed E-state index contributed by atoms with van der Waals surface area (Å²) in [6.07, 6.45) is 0. The number of tetrazole rings is 1. The number of aromatic nitrogens is 4. The Kier molecular flexibility index (Phi) is 3.58. The van der Waals surface area contributed by atoms with Crippen molar-refractivity contribution < 1.29 is 4.74 Å². The molecule has 7 heteroatoms. The van der Waals surface area contributed by atoms with Gasteiger partial charge in [0.15, 0.2) is 5.88 Å². The number of nitrogens with one attached hydrogen (secondary N) is 1. The SMILES string of the molecule is NC1=C(c2nn[nH]n2)C(c2ccc(Cl)cc2)c2ccc3ccccc3c2O1. The van der Waals surface area contributed by atoms with E-state index in [2.05, 4.69) is 32.8 Å². The van der Waals surface area contributed by atoms with Gasteiger partial charge in [0.05, 0.1) is 5.57 Å². The highest BCUT2D eigenvalue weighted by atomic mass is 35.5. The number of hydrogen-bond donors (Lipinski definition) is 2. The van der Waals surface area contributed by atoms with Gasteiger partial charge in [-0.3, -0.25) is 0 Å². The van der Waals surface area contributed by atoms with Crippen LogP contribution in [0.2, 0.25) is 5.02 Å². The molecule has 2 heterocycles. The van der Waals surface area contributed by atoms with Crippen molar-refractivity contribution in [1.29, 1.82) is 0 Å². The number of nitrogens with zero attached hydrogens (tertiary/aromatic N) is 3. The normalized spacial score (nSPS) is 16.3. The van der Waals surface area contributed by atoms with E-state index in [0.717, 1.165) is 27.6 Å². The number of hydrogen-bond acceptors (Lipinski definition) is 5. The second-order valence-electron chi connectivity index (χ2n) is 6.31. The smallest absolute Gasteiger partial charge is 0.206 e. The molecule has 0 radical (unpaired) electrons. The van der Waals surface area contributed by atoms with Crippen LogP contribution in [0.4, 0.5) is 0 Å². The molecule has 3 aromatic carbocycles. The number of aromatic amines is 1. The summed E-state index contributed by atoms with van der Waals surface area (Å²) in [6, 6.07) is 19.9. The minimum Gasteiger partial charge on any atom is -0.440 e. The van der Waals surface area contributed by atoms with Gasteiger partial charge in [0, 0.05) is 21.9 Å². The molecule has 1 atom stereocenters. The number of halogens is 1. The maximum Gasteiger partial charge on any atom is 0.206 e. The molecule has 1 aliphatic rings. The minimum absolute atomic E-state index is 0.201. The monoisotopic (exact) mass is 375 g/mol. The van der Waals surface area contributed by atoms with Crippen molar-refractivity contribution in [1.82, 2.24) is 20.6 Å². The number of allylic oxidation sites excluding steroid dienone is 1. The predicted octanol–water partition coefficient (Wildman–Crippen LogP) is 3.86. The molecule has 5 rings (SSSR count). The second kappa shape index (κ2) is 6.10. The third-order valence-corrected chi connectivity index (χ3v) is 5.03. The summed E-state index contributed by atoms with van der Waals surface area (Å²) in [5.74, 6) is 1.22. The summed E-state index contributed by atoms with van der Waals surface area (Å²) in [4.78, 5) is 0. The van der Waals surface area contributed by atoms with Gasteiger partial charge in [-0.05, 0) is 28.3 Å². The van der Waals surface area contributed by atoms with Crippen LogP contribution in [0.25, 0.3) is 16.3 Å². The van der Waals surface area contributed by atoms with Crippen molar-refractivity contribution >= 4 is 27.9 Å². The Morgan fingerprint density at radius 3 is 2.59 bits per heavy atom. The summed E-state index contributed by atoms with van der Waals surface area (Å²) >= 11 is 6.09. The zero-order valence-corrected chi connectivity index (χ0v) is 14.8. The number of H-pyrrole nitrogens is 1. The van der Waals surface area contributed by atoms with Crippen LogP contribution in [0.3, 0.4) is 0 Å². The summed E-state index contributed by atoms with van der Waals surface area (Å²) in [5.41, 5.74) is 9.02. The van der Waals surface area contributed by atoms with Gasteiger partial charge >= 0.3 is 0 Å². The number of nitrogens with two attached hydrogens (primary N) is 1. The highest BCUT2D eigenvalue weighted by Gasteiger charge is 2.34. The molecule has 27 heavy (non-hydrogen) atoms. The number of ether oxygens (including phenoxy) is 1. The van der Waals surface area contributed by atoms with E-state index in [4.69, 9.17) is 22.1 Å². The maximum atomic E-state index is 6.34. The van der Waals surface area contributed by atoms with Crippen LogP contribution in [0.15, 0.2) is 66.5 Å². The average Bonchev–Trinajstić information content (AvgIpc) is 3.22. The van der Waals surface area contributed by atoms with Crippen molar-refractivity contribution in [3.63, 3.8) is 0 Å². The summed E-state index contributed by atoms with van der Waals surface area (Å²) in [6.45, 7) is 0. The van der Waals surface area contributed by atoms with Gasteiger partial charge in [-0.15, -0.1) is 10.2 Å². The third kappa shape index (κ3) is 2.53. The van der Waals surface area contributed by atoms with Crippen LogP contribution in [0, 0.1) is 0 Å². The fraction of sp³-hybridized carbons (Fsp3) is 0.0500. The van der Waals surface area contributed by atoms with E-state index in [-0.39, 0.29) is 11.8 Å². The molecule has 4 aromatic rings. The first kappa shape index (κ1) is 15.8. The van der Waals surface area contributed by atoms with E-state index >= 15 is 0 Å². The Morgan fingerprint density at radius 2 is 1.81 bits per heavy atom. The topological polar surface area (TPSA) is 89.7 Å². The first-order chi connectivity index (χ1) is 13.2. The highest BCUT2D eigenvalue weighted by molar-refractivity contribution is 6.30. The molecular weight excluding hydrogens is 362 g/mol. The van der Waals surface area contributed by atoms with Crippen molar-refractivity contribution in [3.05, 3.63) is 88.5 Å². The van der Waals surface area contributed by atoms with Gasteiger partial charge in [-0.25, -0.2) is 0 Å². The number of rotatable bonds is 2. The standard InChI is InChI=1S/C20H14ClN5O/c21-13-8-5-12(6-9-13)16-15-10-7-11-3-1-2-4-14(11)18(15)27-19(22)17(16)20-23-25-26-24-20/h1-10,16H,22H2,(H,23,24,25,26). The van der Waals surface area contributed by atoms with Crippen LogP contribution in [0.1, 0.15) is 22.9 Å². The van der Waals surface area contributed by atoms with E-state index in [9.17, 15) is 0 Å². The minimum atomic E-state index is -0.201. The molecule has 0 aliphatic carbocycles. The molecule has 0 bridgehead atoms. The first-order valence-electron chi connectivity index (χ1n) is 8.41. The lowest BCUT2D eigenvalue weighted by Crippen LogP contribution is -2.21. The lowest BCUT2D eigenvalue weighted by molar-refractivity contribution is 0.409. The predicted molar refractivity (Wildman–Crippen MR) is 103 cm³/mol. The lowest BCUT2D eigenvalue weighted by Gasteiger charge is -2.29. The fourth-order valence-electron chi connectivity index (χ4n) is 3.58. The quantitative estimate of drug-likeness (QED) is 0.555. The zero-order valence-electron chi connectivity index (χ0n) is 14.1. The van der Waals surface area contributed by atoms with Crippen LogP contribution < -0.4 is 10.5 Å². The van der Waals surface area contributed by atoms with Gasteiger partial charge in [-0.1, -0.05) is 60.1 Å². The van der Waals surface area contributed by atoms with E-state index < -0.39 is 0 Å². The van der Waals surface area contributed by atoms with Gasteiger partial charge in [0.2, 0.25) is 5.82 Å². The summed E-state index contributed by atoms with van der Waals surface area (Å²) in [7, 11) is 0. The highest BCUT2D eigenvalue weighted by Crippen LogP contribution is 2.48. The van der Waals surface area contributed by atoms with Crippen molar-refractivity contribution in [2.75, 3.05) is 0 Å². The molecule has 0 fully saturated rings. The first-order valence-corrected chi connectivity index (χ1v) is 8.78. The van der Waals surface area contributed by atoms with Gasteiger partial charge < -0.3 is 10.5 Å². The Labute approximate surface area is 159 Å². The number of fused-ring (bicyclic) bond motifs is 3. The summed E-state index contributed by atoms with van der Waals surface area (Å²) in [5, 5.41) is 17.2. The Bertz CT molecular complexity index is 1170. The van der Waals surface area contributed by atoms with E-state index in [0.29, 0.717) is 16.4 Å². The Balaban J connectivity index is 1.80. The Hall–Kier alpha value is -3.38. The zero-order chi connectivity index (χ0) is 18.4. The van der Waals surface area contributed by atoms with Crippen molar-refractivity contribution in [2.45, 2.75) is 5.92 Å². The van der Waals surface area contributed by atoms with E-state index in [1.54, 1.807) is 0 Å².